The second-order valence-electron chi connectivity index (χ2n) is 6.24. The lowest BCUT2D eigenvalue weighted by molar-refractivity contribution is -0.113. The van der Waals surface area contributed by atoms with E-state index in [0.29, 0.717) is 10.6 Å². The molecule has 1 N–H and O–H groups in total. The fraction of sp³-hybridized carbons (Fsp3) is 0.235. The van der Waals surface area contributed by atoms with E-state index in [1.54, 1.807) is 45.2 Å². The second kappa shape index (κ2) is 6.64. The fourth-order valence-corrected chi connectivity index (χ4v) is 2.82. The number of hydrogen-bond donors (Lipinski definition) is 1. The number of carbonyl (C=O) groups excluding carboxylic acids is 2. The van der Waals surface area contributed by atoms with Gasteiger partial charge < -0.3 is 4.74 Å². The van der Waals surface area contributed by atoms with Crippen molar-refractivity contribution in [3.63, 3.8) is 0 Å². The Hall–Kier alpha value is -2.74. The van der Waals surface area contributed by atoms with Crippen molar-refractivity contribution >= 4 is 46.0 Å². The lowest BCUT2D eigenvalue weighted by Gasteiger charge is -2.19. The highest BCUT2D eigenvalue weighted by molar-refractivity contribution is 8.18. The van der Waals surface area contributed by atoms with Crippen LogP contribution in [0.3, 0.4) is 0 Å². The topological polar surface area (TPSA) is 93.5 Å². The van der Waals surface area contributed by atoms with Crippen LogP contribution in [-0.2, 0) is 9.53 Å². The molecule has 0 bridgehead atoms. The van der Waals surface area contributed by atoms with Crippen LogP contribution in [0.1, 0.15) is 26.5 Å². The average molecular weight is 356 g/mol. The summed E-state index contributed by atoms with van der Waals surface area (Å²) < 4.78 is 5.14. The van der Waals surface area contributed by atoms with Gasteiger partial charge in [0.2, 0.25) is 0 Å². The Labute approximate surface area is 148 Å². The number of rotatable bonds is 1. The maximum Gasteiger partial charge on any atom is 0.413 e. The molecule has 0 saturated heterocycles. The van der Waals surface area contributed by atoms with E-state index in [1.165, 1.54) is 0 Å². The number of amidine groups is 1. The summed E-state index contributed by atoms with van der Waals surface area (Å²) in [5.74, 6) is -0.427. The van der Waals surface area contributed by atoms with E-state index in [0.717, 1.165) is 22.8 Å². The number of pyridine rings is 2. The van der Waals surface area contributed by atoms with Crippen LogP contribution < -0.4 is 5.32 Å². The average Bonchev–Trinajstić information content (AvgIpc) is 2.84. The molecule has 3 heterocycles. The van der Waals surface area contributed by atoms with Gasteiger partial charge in [0.15, 0.2) is 5.17 Å². The van der Waals surface area contributed by atoms with Gasteiger partial charge in [-0.15, -0.1) is 0 Å². The molecule has 0 fully saturated rings. The minimum Gasteiger partial charge on any atom is -0.444 e. The maximum atomic E-state index is 12.0. The van der Waals surface area contributed by atoms with E-state index >= 15 is 0 Å². The smallest absolute Gasteiger partial charge is 0.413 e. The van der Waals surface area contributed by atoms with Crippen molar-refractivity contribution in [1.82, 2.24) is 15.3 Å². The van der Waals surface area contributed by atoms with Gasteiger partial charge >= 0.3 is 6.09 Å². The van der Waals surface area contributed by atoms with E-state index < -0.39 is 17.6 Å². The lowest BCUT2D eigenvalue weighted by atomic mass is 10.2. The SMILES string of the molecule is CC(C)(C)OC(=O)NC1=NC(=O)C(=Cc2ccc3ncccc3n2)S1. The molecule has 0 saturated carbocycles. The molecule has 8 heteroatoms. The largest absolute Gasteiger partial charge is 0.444 e. The molecule has 0 atom stereocenters. The van der Waals surface area contributed by atoms with Crippen LogP contribution in [0, 0.1) is 0 Å². The van der Waals surface area contributed by atoms with Crippen molar-refractivity contribution in [1.29, 1.82) is 0 Å². The minimum absolute atomic E-state index is 0.188. The first kappa shape index (κ1) is 17.1. The number of aromatic nitrogens is 2. The van der Waals surface area contributed by atoms with E-state index in [9.17, 15) is 9.59 Å². The third-order valence-electron chi connectivity index (χ3n) is 2.99. The van der Waals surface area contributed by atoms with Crippen molar-refractivity contribution in [2.24, 2.45) is 4.99 Å². The number of amides is 2. The summed E-state index contributed by atoms with van der Waals surface area (Å²) >= 11 is 1.07. The predicted molar refractivity (Wildman–Crippen MR) is 96.9 cm³/mol. The van der Waals surface area contributed by atoms with Crippen LogP contribution in [0.2, 0.25) is 0 Å². The normalized spacial score (nSPS) is 16.2. The Kier molecular flexibility index (Phi) is 4.54. The Bertz CT molecular complexity index is 915. The molecular weight excluding hydrogens is 340 g/mol. The highest BCUT2D eigenvalue weighted by atomic mass is 32.2. The van der Waals surface area contributed by atoms with Crippen LogP contribution in [0.4, 0.5) is 4.79 Å². The van der Waals surface area contributed by atoms with Gasteiger partial charge in [0.25, 0.3) is 5.91 Å². The number of thioether (sulfide) groups is 1. The number of aliphatic imine (C=N–C) groups is 1. The van der Waals surface area contributed by atoms with Gasteiger partial charge in [-0.05, 0) is 62.9 Å². The van der Waals surface area contributed by atoms with Gasteiger partial charge in [0.1, 0.15) is 5.60 Å². The Morgan fingerprint density at radius 2 is 2.04 bits per heavy atom. The molecule has 0 aromatic carbocycles. The highest BCUT2D eigenvalue weighted by Crippen LogP contribution is 2.27. The number of alkyl carbamates (subject to hydrolysis) is 1. The predicted octanol–water partition coefficient (Wildman–Crippen LogP) is 3.12. The van der Waals surface area contributed by atoms with Gasteiger partial charge in [0.05, 0.1) is 21.6 Å². The third kappa shape index (κ3) is 4.42. The van der Waals surface area contributed by atoms with E-state index in [1.807, 2.05) is 12.1 Å². The molecule has 2 aromatic rings. The van der Waals surface area contributed by atoms with Crippen LogP contribution in [-0.4, -0.2) is 32.7 Å². The molecule has 128 valence electrons. The molecule has 2 amide bonds. The van der Waals surface area contributed by atoms with Crippen LogP contribution in [0.5, 0.6) is 0 Å². The minimum atomic E-state index is -0.650. The number of carbonyl (C=O) groups is 2. The summed E-state index contributed by atoms with van der Waals surface area (Å²) in [7, 11) is 0. The molecule has 3 rings (SSSR count). The van der Waals surface area contributed by atoms with Gasteiger partial charge in [-0.3, -0.25) is 15.1 Å². The van der Waals surface area contributed by atoms with Crippen LogP contribution >= 0.6 is 11.8 Å². The summed E-state index contributed by atoms with van der Waals surface area (Å²) in [4.78, 5) is 36.6. The van der Waals surface area contributed by atoms with Crippen molar-refractivity contribution in [3.8, 4) is 0 Å². The van der Waals surface area contributed by atoms with Gasteiger partial charge in [0, 0.05) is 6.20 Å². The molecule has 25 heavy (non-hydrogen) atoms. The van der Waals surface area contributed by atoms with Crippen LogP contribution in [0.15, 0.2) is 40.4 Å². The first-order valence-electron chi connectivity index (χ1n) is 7.54. The number of ether oxygens (including phenoxy) is 1. The first-order valence-corrected chi connectivity index (χ1v) is 8.36. The van der Waals surface area contributed by atoms with Crippen molar-refractivity contribution in [2.75, 3.05) is 0 Å². The van der Waals surface area contributed by atoms with Crippen LogP contribution in [0.25, 0.3) is 17.1 Å². The summed E-state index contributed by atoms with van der Waals surface area (Å²) in [6, 6.07) is 7.25. The van der Waals surface area contributed by atoms with Crippen molar-refractivity contribution in [2.45, 2.75) is 26.4 Å². The quantitative estimate of drug-likeness (QED) is 0.789. The second-order valence-corrected chi connectivity index (χ2v) is 7.27. The molecule has 1 aliphatic rings. The maximum absolute atomic E-state index is 12.0. The standard InChI is InChI=1S/C17H16N4O3S/c1-17(2,3)24-16(23)21-15-20-14(22)13(25-15)9-10-6-7-11-12(19-10)5-4-8-18-11/h4-9H,1-3H3,(H,20,21,22,23). The molecule has 0 radical (unpaired) electrons. The number of nitrogens with one attached hydrogen (secondary N) is 1. The van der Waals surface area contributed by atoms with E-state index in [2.05, 4.69) is 20.3 Å². The summed E-state index contributed by atoms with van der Waals surface area (Å²) in [6.45, 7) is 5.27. The Balaban J connectivity index is 1.73. The first-order chi connectivity index (χ1) is 11.8. The summed E-state index contributed by atoms with van der Waals surface area (Å²) in [5.41, 5.74) is 1.50. The molecule has 2 aromatic heterocycles. The lowest BCUT2D eigenvalue weighted by Crippen LogP contribution is -2.34. The zero-order chi connectivity index (χ0) is 18.0. The molecule has 0 aliphatic carbocycles. The molecule has 0 unspecified atom stereocenters. The fourth-order valence-electron chi connectivity index (χ4n) is 2.04. The Morgan fingerprint density at radius 1 is 1.24 bits per heavy atom. The van der Waals surface area contributed by atoms with Crippen molar-refractivity contribution in [3.05, 3.63) is 41.1 Å². The third-order valence-corrected chi connectivity index (χ3v) is 3.88. The number of fused-ring (bicyclic) bond motifs is 1. The highest BCUT2D eigenvalue weighted by Gasteiger charge is 2.25. The monoisotopic (exact) mass is 356 g/mol. The summed E-state index contributed by atoms with van der Waals surface area (Å²) in [6.07, 6.45) is 2.68. The molecule has 7 nitrogen and oxygen atoms in total. The zero-order valence-corrected chi connectivity index (χ0v) is 14.8. The van der Waals surface area contributed by atoms with Crippen molar-refractivity contribution < 1.29 is 14.3 Å². The van der Waals surface area contributed by atoms with Gasteiger partial charge in [-0.2, -0.15) is 4.99 Å². The number of nitrogens with zero attached hydrogens (tertiary/aromatic N) is 3. The summed E-state index contributed by atoms with van der Waals surface area (Å²) in [5, 5.41) is 2.66. The van der Waals surface area contributed by atoms with Gasteiger partial charge in [-0.1, -0.05) is 0 Å². The molecule has 0 spiro atoms. The molecule has 1 aliphatic heterocycles. The van der Waals surface area contributed by atoms with E-state index in [4.69, 9.17) is 4.74 Å². The van der Waals surface area contributed by atoms with Gasteiger partial charge in [-0.25, -0.2) is 9.78 Å². The van der Waals surface area contributed by atoms with E-state index in [-0.39, 0.29) is 5.17 Å². The Morgan fingerprint density at radius 3 is 2.80 bits per heavy atom. The molecular formula is C17H16N4O3S. The zero-order valence-electron chi connectivity index (χ0n) is 13.9. The number of hydrogen-bond acceptors (Lipinski definition) is 6.